The normalized spacial score (nSPS) is 11.4. The topological polar surface area (TPSA) is 72.2 Å². The van der Waals surface area contributed by atoms with E-state index in [-0.39, 0.29) is 22.2 Å². The molecule has 2 rings (SSSR count). The highest BCUT2D eigenvalue weighted by Crippen LogP contribution is 2.27. The second-order valence-corrected chi connectivity index (χ2v) is 6.66. The van der Waals surface area contributed by atoms with E-state index in [2.05, 4.69) is 4.72 Å². The van der Waals surface area contributed by atoms with Crippen molar-refractivity contribution in [3.63, 3.8) is 0 Å². The molecule has 0 saturated heterocycles. The molecule has 0 aliphatic heterocycles. The van der Waals surface area contributed by atoms with Crippen molar-refractivity contribution < 1.29 is 12.8 Å². The van der Waals surface area contributed by atoms with Crippen LogP contribution in [0.2, 0.25) is 10.0 Å². The van der Waals surface area contributed by atoms with Crippen LogP contribution in [0.4, 0.5) is 10.1 Å². The molecule has 0 radical (unpaired) electrons. The van der Waals surface area contributed by atoms with Gasteiger partial charge in [-0.1, -0.05) is 29.3 Å². The lowest BCUT2D eigenvalue weighted by molar-refractivity contribution is 0.593. The number of benzene rings is 2. The van der Waals surface area contributed by atoms with Gasteiger partial charge in [-0.25, -0.2) is 12.8 Å². The van der Waals surface area contributed by atoms with Crippen LogP contribution in [-0.4, -0.2) is 8.42 Å². The first kappa shape index (κ1) is 16.0. The Kier molecular flexibility index (Phi) is 4.73. The highest BCUT2D eigenvalue weighted by molar-refractivity contribution is 7.92. The van der Waals surface area contributed by atoms with Crippen molar-refractivity contribution in [2.75, 3.05) is 4.72 Å². The van der Waals surface area contributed by atoms with Gasteiger partial charge in [-0.05, 0) is 35.9 Å². The van der Waals surface area contributed by atoms with Gasteiger partial charge in [0.15, 0.2) is 0 Å². The lowest BCUT2D eigenvalue weighted by Gasteiger charge is -2.12. The van der Waals surface area contributed by atoms with E-state index in [1.165, 1.54) is 24.3 Å². The minimum Gasteiger partial charge on any atom is -0.326 e. The number of sulfonamides is 1. The summed E-state index contributed by atoms with van der Waals surface area (Å²) in [5.41, 5.74) is 6.01. The molecule has 0 atom stereocenters. The monoisotopic (exact) mass is 348 g/mol. The van der Waals surface area contributed by atoms with E-state index in [1.54, 1.807) is 0 Å². The van der Waals surface area contributed by atoms with Gasteiger partial charge in [0.1, 0.15) is 5.82 Å². The summed E-state index contributed by atoms with van der Waals surface area (Å²) in [5.74, 6) is -0.665. The average Bonchev–Trinajstić information content (AvgIpc) is 2.42. The minimum absolute atomic E-state index is 0.0299. The maximum absolute atomic E-state index is 13.3. The summed E-state index contributed by atoms with van der Waals surface area (Å²) in [4.78, 5) is -0.212. The number of halogens is 3. The first-order valence-electron chi connectivity index (χ1n) is 5.80. The van der Waals surface area contributed by atoms with E-state index in [9.17, 15) is 12.8 Å². The summed E-state index contributed by atoms with van der Waals surface area (Å²) in [7, 11) is -3.98. The van der Waals surface area contributed by atoms with E-state index >= 15 is 0 Å². The quantitative estimate of drug-likeness (QED) is 0.889. The largest absolute Gasteiger partial charge is 0.326 e. The van der Waals surface area contributed by atoms with Gasteiger partial charge in [0.25, 0.3) is 10.0 Å². The highest BCUT2D eigenvalue weighted by Gasteiger charge is 2.19. The molecular weight excluding hydrogens is 338 g/mol. The van der Waals surface area contributed by atoms with Crippen molar-refractivity contribution in [1.82, 2.24) is 0 Å². The number of hydrogen-bond donors (Lipinski definition) is 2. The molecule has 21 heavy (non-hydrogen) atoms. The molecule has 0 amide bonds. The van der Waals surface area contributed by atoms with Crippen LogP contribution in [0.1, 0.15) is 5.56 Å². The molecule has 0 aliphatic rings. The molecule has 0 aromatic heterocycles. The number of nitrogens with one attached hydrogen (secondary N) is 1. The Morgan fingerprint density at radius 1 is 1.10 bits per heavy atom. The number of hydrogen-bond acceptors (Lipinski definition) is 3. The van der Waals surface area contributed by atoms with Crippen LogP contribution in [0.5, 0.6) is 0 Å². The van der Waals surface area contributed by atoms with Crippen molar-refractivity contribution in [1.29, 1.82) is 0 Å². The second-order valence-electron chi connectivity index (χ2n) is 4.19. The lowest BCUT2D eigenvalue weighted by atomic mass is 10.2. The van der Waals surface area contributed by atoms with Crippen molar-refractivity contribution in [3.8, 4) is 0 Å². The highest BCUT2D eigenvalue weighted by atomic mass is 35.5. The van der Waals surface area contributed by atoms with Crippen LogP contribution in [0.25, 0.3) is 0 Å². The van der Waals surface area contributed by atoms with Crippen molar-refractivity contribution in [2.45, 2.75) is 11.4 Å². The van der Waals surface area contributed by atoms with Crippen LogP contribution in [0.15, 0.2) is 41.3 Å². The van der Waals surface area contributed by atoms with Crippen molar-refractivity contribution >= 4 is 38.9 Å². The Bertz CT molecular complexity index is 782. The molecule has 0 heterocycles. The molecule has 0 fully saturated rings. The zero-order chi connectivity index (χ0) is 15.6. The van der Waals surface area contributed by atoms with Gasteiger partial charge in [-0.3, -0.25) is 4.72 Å². The maximum Gasteiger partial charge on any atom is 0.262 e. The molecule has 8 heteroatoms. The van der Waals surface area contributed by atoms with Gasteiger partial charge >= 0.3 is 0 Å². The maximum atomic E-state index is 13.3. The molecule has 0 aliphatic carbocycles. The molecule has 3 N–H and O–H groups in total. The van der Waals surface area contributed by atoms with Gasteiger partial charge in [0.05, 0.1) is 20.6 Å². The smallest absolute Gasteiger partial charge is 0.262 e. The van der Waals surface area contributed by atoms with Gasteiger partial charge in [-0.2, -0.15) is 0 Å². The van der Waals surface area contributed by atoms with Gasteiger partial charge in [-0.15, -0.1) is 0 Å². The zero-order valence-electron chi connectivity index (χ0n) is 10.6. The van der Waals surface area contributed by atoms with Crippen LogP contribution < -0.4 is 10.5 Å². The van der Waals surface area contributed by atoms with E-state index in [0.717, 1.165) is 12.1 Å². The Morgan fingerprint density at radius 3 is 2.43 bits per heavy atom. The fourth-order valence-corrected chi connectivity index (χ4v) is 3.33. The SMILES string of the molecule is NCc1ccc(F)cc1S(=O)(=O)Nc1ccc(Cl)c(Cl)c1. The second kappa shape index (κ2) is 6.19. The Labute approximate surface area is 131 Å². The summed E-state index contributed by atoms with van der Waals surface area (Å²) in [6.45, 7) is -0.0299. The van der Waals surface area contributed by atoms with E-state index in [1.807, 2.05) is 0 Å². The standard InChI is InChI=1S/C13H11Cl2FN2O2S/c14-11-4-3-10(6-12(11)15)18-21(19,20)13-5-9(16)2-1-8(13)7-17/h1-6,18H,7,17H2. The number of rotatable bonds is 4. The third kappa shape index (κ3) is 3.65. The predicted octanol–water partition coefficient (Wildman–Crippen LogP) is 3.39. The summed E-state index contributed by atoms with van der Waals surface area (Å²) < 4.78 is 40.3. The molecule has 0 spiro atoms. The molecular formula is C13H11Cl2FN2O2S. The number of anilines is 1. The lowest BCUT2D eigenvalue weighted by Crippen LogP contribution is -2.16. The first-order chi connectivity index (χ1) is 9.83. The molecule has 4 nitrogen and oxygen atoms in total. The van der Waals surface area contributed by atoms with E-state index in [4.69, 9.17) is 28.9 Å². The fourth-order valence-electron chi connectivity index (χ4n) is 1.72. The Balaban J connectivity index is 2.42. The Hall–Kier alpha value is -1.34. The molecule has 0 bridgehead atoms. The van der Waals surface area contributed by atoms with Crippen LogP contribution in [0.3, 0.4) is 0 Å². The summed E-state index contributed by atoms with van der Waals surface area (Å²) >= 11 is 11.6. The Morgan fingerprint density at radius 2 is 1.81 bits per heavy atom. The summed E-state index contributed by atoms with van der Waals surface area (Å²) in [6, 6.07) is 7.67. The predicted molar refractivity (Wildman–Crippen MR) is 81.6 cm³/mol. The van der Waals surface area contributed by atoms with Gasteiger partial charge < -0.3 is 5.73 Å². The molecule has 112 valence electrons. The third-order valence-corrected chi connectivity index (χ3v) is 4.91. The van der Waals surface area contributed by atoms with Gasteiger partial charge in [0.2, 0.25) is 0 Å². The van der Waals surface area contributed by atoms with Crippen LogP contribution >= 0.6 is 23.2 Å². The zero-order valence-corrected chi connectivity index (χ0v) is 12.9. The van der Waals surface area contributed by atoms with E-state index < -0.39 is 15.8 Å². The average molecular weight is 349 g/mol. The number of nitrogens with two attached hydrogens (primary N) is 1. The minimum atomic E-state index is -3.98. The fraction of sp³-hybridized carbons (Fsp3) is 0.0769. The van der Waals surface area contributed by atoms with Gasteiger partial charge in [0, 0.05) is 6.54 Å². The van der Waals surface area contributed by atoms with Crippen molar-refractivity contribution in [3.05, 3.63) is 57.8 Å². The third-order valence-electron chi connectivity index (χ3n) is 2.71. The van der Waals surface area contributed by atoms with E-state index in [0.29, 0.717) is 10.6 Å². The summed E-state index contributed by atoms with van der Waals surface area (Å²) in [5, 5.41) is 0.503. The van der Waals surface area contributed by atoms with Crippen LogP contribution in [0, 0.1) is 5.82 Å². The molecule has 2 aromatic rings. The van der Waals surface area contributed by atoms with Crippen LogP contribution in [-0.2, 0) is 16.6 Å². The summed E-state index contributed by atoms with van der Waals surface area (Å²) in [6.07, 6.45) is 0. The molecule has 0 unspecified atom stereocenters. The molecule has 2 aromatic carbocycles. The van der Waals surface area contributed by atoms with Crippen molar-refractivity contribution in [2.24, 2.45) is 5.73 Å². The first-order valence-corrected chi connectivity index (χ1v) is 8.04. The molecule has 0 saturated carbocycles.